The molecule has 0 aliphatic heterocycles. The van der Waals surface area contributed by atoms with Crippen molar-refractivity contribution < 1.29 is 36.6 Å². The molecule has 0 saturated carbocycles. The van der Waals surface area contributed by atoms with E-state index in [2.05, 4.69) is 5.32 Å². The summed E-state index contributed by atoms with van der Waals surface area (Å²) in [5.74, 6) is -2.51. The number of alkyl carbamates (subject to hydrolysis) is 1. The molecular formula is C29H27F4NO4. The normalized spacial score (nSPS) is 13.9. The molecule has 200 valence electrons. The van der Waals surface area contributed by atoms with E-state index in [0.717, 1.165) is 28.3 Å². The second-order valence-corrected chi connectivity index (χ2v) is 10.1. The lowest BCUT2D eigenvalue weighted by atomic mass is 9.98. The molecule has 0 saturated heterocycles. The lowest BCUT2D eigenvalue weighted by Crippen LogP contribution is -2.46. The highest BCUT2D eigenvalue weighted by molar-refractivity contribution is 5.82. The van der Waals surface area contributed by atoms with Crippen LogP contribution in [0.25, 0.3) is 11.1 Å². The molecule has 4 rings (SSSR count). The van der Waals surface area contributed by atoms with E-state index in [9.17, 15) is 27.2 Å². The third kappa shape index (κ3) is 6.15. The second kappa shape index (κ2) is 10.5. The van der Waals surface area contributed by atoms with E-state index >= 15 is 0 Å². The van der Waals surface area contributed by atoms with E-state index in [1.807, 2.05) is 48.5 Å². The number of alkyl halides is 3. The maximum Gasteiger partial charge on any atom is 0.419 e. The first-order valence-corrected chi connectivity index (χ1v) is 12.0. The molecule has 1 aliphatic carbocycles. The SMILES string of the molecule is CC(C)(C)OC(=O)C(Cc1ccc(F)c(C(F)(F)F)c1)NC(=O)OCC1c2ccccc2-c2ccccc21. The molecule has 0 bridgehead atoms. The summed E-state index contributed by atoms with van der Waals surface area (Å²) in [6, 6.07) is 16.6. The number of hydrogen-bond acceptors (Lipinski definition) is 4. The van der Waals surface area contributed by atoms with Crippen LogP contribution in [0.3, 0.4) is 0 Å². The van der Waals surface area contributed by atoms with Crippen LogP contribution in [0.4, 0.5) is 22.4 Å². The van der Waals surface area contributed by atoms with Crippen LogP contribution in [0.5, 0.6) is 0 Å². The Morgan fingerprint density at radius 3 is 2.05 bits per heavy atom. The van der Waals surface area contributed by atoms with Gasteiger partial charge in [-0.25, -0.2) is 14.0 Å². The predicted octanol–water partition coefficient (Wildman–Crippen LogP) is 6.64. The molecule has 3 aromatic rings. The number of ether oxygens (including phenoxy) is 2. The lowest BCUT2D eigenvalue weighted by molar-refractivity contribution is -0.157. The van der Waals surface area contributed by atoms with E-state index in [1.54, 1.807) is 20.8 Å². The van der Waals surface area contributed by atoms with Gasteiger partial charge in [0.05, 0.1) is 5.56 Å². The van der Waals surface area contributed by atoms with Gasteiger partial charge in [0.25, 0.3) is 0 Å². The molecule has 0 radical (unpaired) electrons. The number of nitrogens with one attached hydrogen (secondary N) is 1. The minimum Gasteiger partial charge on any atom is -0.458 e. The molecule has 3 aromatic carbocycles. The molecule has 1 amide bonds. The van der Waals surface area contributed by atoms with Crippen LogP contribution in [-0.4, -0.2) is 30.3 Å². The average molecular weight is 530 g/mol. The van der Waals surface area contributed by atoms with E-state index in [0.29, 0.717) is 12.1 Å². The summed E-state index contributed by atoms with van der Waals surface area (Å²) < 4.78 is 64.2. The number of rotatable bonds is 6. The molecule has 1 atom stereocenters. The van der Waals surface area contributed by atoms with Gasteiger partial charge in [0.2, 0.25) is 0 Å². The summed E-state index contributed by atoms with van der Waals surface area (Å²) in [5, 5.41) is 2.42. The second-order valence-electron chi connectivity index (χ2n) is 10.1. The Bertz CT molecular complexity index is 1300. The van der Waals surface area contributed by atoms with Crippen molar-refractivity contribution in [2.75, 3.05) is 6.61 Å². The molecule has 1 N–H and O–H groups in total. The van der Waals surface area contributed by atoms with E-state index in [1.165, 1.54) is 0 Å². The Morgan fingerprint density at radius 2 is 1.50 bits per heavy atom. The first-order chi connectivity index (χ1) is 17.8. The molecule has 0 fully saturated rings. The average Bonchev–Trinajstić information content (AvgIpc) is 3.15. The fourth-order valence-corrected chi connectivity index (χ4v) is 4.50. The third-order valence-corrected chi connectivity index (χ3v) is 6.10. The zero-order valence-electron chi connectivity index (χ0n) is 21.1. The highest BCUT2D eigenvalue weighted by Crippen LogP contribution is 2.44. The fraction of sp³-hybridized carbons (Fsp3) is 0.310. The van der Waals surface area contributed by atoms with Crippen molar-refractivity contribution in [1.29, 1.82) is 0 Å². The van der Waals surface area contributed by atoms with Crippen LogP contribution in [0, 0.1) is 5.82 Å². The van der Waals surface area contributed by atoms with Gasteiger partial charge in [-0.2, -0.15) is 13.2 Å². The fourth-order valence-electron chi connectivity index (χ4n) is 4.50. The van der Waals surface area contributed by atoms with Gasteiger partial charge < -0.3 is 14.8 Å². The summed E-state index contributed by atoms with van der Waals surface area (Å²) in [6.07, 6.45) is -6.20. The van der Waals surface area contributed by atoms with E-state index in [-0.39, 0.29) is 24.5 Å². The van der Waals surface area contributed by atoms with Crippen LogP contribution >= 0.6 is 0 Å². The number of fused-ring (bicyclic) bond motifs is 3. The molecule has 1 aliphatic rings. The number of hydrogen-bond donors (Lipinski definition) is 1. The number of halogens is 4. The molecular weight excluding hydrogens is 502 g/mol. The Morgan fingerprint density at radius 1 is 0.921 bits per heavy atom. The van der Waals surface area contributed by atoms with Gasteiger partial charge in [0, 0.05) is 12.3 Å². The molecule has 9 heteroatoms. The Labute approximate surface area is 217 Å². The van der Waals surface area contributed by atoms with Crippen molar-refractivity contribution in [2.45, 2.75) is 50.9 Å². The molecule has 0 spiro atoms. The molecule has 0 aromatic heterocycles. The van der Waals surface area contributed by atoms with Crippen LogP contribution in [0.2, 0.25) is 0 Å². The van der Waals surface area contributed by atoms with Crippen molar-refractivity contribution >= 4 is 12.1 Å². The third-order valence-electron chi connectivity index (χ3n) is 6.10. The monoisotopic (exact) mass is 529 g/mol. The van der Waals surface area contributed by atoms with Gasteiger partial charge in [-0.1, -0.05) is 54.6 Å². The van der Waals surface area contributed by atoms with Crippen LogP contribution < -0.4 is 5.32 Å². The molecule has 5 nitrogen and oxygen atoms in total. The zero-order valence-corrected chi connectivity index (χ0v) is 21.1. The largest absolute Gasteiger partial charge is 0.458 e. The van der Waals surface area contributed by atoms with Crippen molar-refractivity contribution in [2.24, 2.45) is 0 Å². The first-order valence-electron chi connectivity index (χ1n) is 12.0. The minimum absolute atomic E-state index is 0.00599. The van der Waals surface area contributed by atoms with E-state index < -0.39 is 41.3 Å². The highest BCUT2D eigenvalue weighted by atomic mass is 19.4. The maximum atomic E-state index is 13.8. The van der Waals surface area contributed by atoms with Gasteiger partial charge in [-0.15, -0.1) is 0 Å². The minimum atomic E-state index is -4.91. The zero-order chi connectivity index (χ0) is 27.7. The van der Waals surface area contributed by atoms with Crippen LogP contribution in [0.15, 0.2) is 66.7 Å². The maximum absolute atomic E-state index is 13.8. The van der Waals surface area contributed by atoms with Crippen LogP contribution in [-0.2, 0) is 26.9 Å². The molecule has 38 heavy (non-hydrogen) atoms. The van der Waals surface area contributed by atoms with Gasteiger partial charge in [-0.3, -0.25) is 0 Å². The molecule has 1 unspecified atom stereocenters. The number of carbonyl (C=O) groups is 2. The summed E-state index contributed by atoms with van der Waals surface area (Å²) in [5.41, 5.74) is 1.69. The molecule has 0 heterocycles. The first kappa shape index (κ1) is 27.2. The van der Waals surface area contributed by atoms with Crippen molar-refractivity contribution in [1.82, 2.24) is 5.32 Å². The number of benzene rings is 3. The van der Waals surface area contributed by atoms with Crippen molar-refractivity contribution in [3.05, 3.63) is 94.8 Å². The summed E-state index contributed by atoms with van der Waals surface area (Å²) >= 11 is 0. The van der Waals surface area contributed by atoms with Crippen molar-refractivity contribution in [3.63, 3.8) is 0 Å². The Balaban J connectivity index is 1.51. The van der Waals surface area contributed by atoms with Gasteiger partial charge in [-0.05, 0) is 60.7 Å². The number of esters is 1. The smallest absolute Gasteiger partial charge is 0.419 e. The summed E-state index contributed by atoms with van der Waals surface area (Å²) in [7, 11) is 0. The summed E-state index contributed by atoms with van der Waals surface area (Å²) in [6.45, 7) is 4.84. The van der Waals surface area contributed by atoms with Gasteiger partial charge in [0.1, 0.15) is 24.1 Å². The number of amides is 1. The van der Waals surface area contributed by atoms with Gasteiger partial charge in [0.15, 0.2) is 0 Å². The highest BCUT2D eigenvalue weighted by Gasteiger charge is 2.35. The quantitative estimate of drug-likeness (QED) is 0.287. The predicted molar refractivity (Wildman–Crippen MR) is 133 cm³/mol. The topological polar surface area (TPSA) is 64.6 Å². The summed E-state index contributed by atoms with van der Waals surface area (Å²) in [4.78, 5) is 25.6. The Kier molecular flexibility index (Phi) is 7.49. The van der Waals surface area contributed by atoms with Crippen molar-refractivity contribution in [3.8, 4) is 11.1 Å². The lowest BCUT2D eigenvalue weighted by Gasteiger charge is -2.25. The standard InChI is InChI=1S/C29H27F4NO4/c1-28(2,3)38-26(35)25(15-17-12-13-24(30)23(14-17)29(31,32)33)34-27(36)37-16-22-20-10-6-4-8-18(20)19-9-5-7-11-21(19)22/h4-14,22,25H,15-16H2,1-3H3,(H,34,36). The van der Waals surface area contributed by atoms with E-state index in [4.69, 9.17) is 9.47 Å². The number of carbonyl (C=O) groups excluding carboxylic acids is 2. The van der Waals surface area contributed by atoms with Gasteiger partial charge >= 0.3 is 18.2 Å². The Hall–Kier alpha value is -3.88. The van der Waals surface area contributed by atoms with Crippen LogP contribution in [0.1, 0.15) is 48.9 Å².